The average molecular weight is 374 g/mol. The molecule has 6 nitrogen and oxygen atoms in total. The van der Waals surface area contributed by atoms with E-state index >= 15 is 0 Å². The number of anilines is 3. The van der Waals surface area contributed by atoms with E-state index in [1.54, 1.807) is 30.3 Å². The molecule has 0 spiro atoms. The van der Waals surface area contributed by atoms with Gasteiger partial charge in [-0.1, -0.05) is 32.0 Å². The van der Waals surface area contributed by atoms with E-state index < -0.39 is 0 Å². The molecule has 28 heavy (non-hydrogen) atoms. The van der Waals surface area contributed by atoms with Crippen molar-refractivity contribution >= 4 is 28.9 Å². The topological polar surface area (TPSA) is 84.0 Å². The maximum Gasteiger partial charge on any atom is 0.274 e. The van der Waals surface area contributed by atoms with Crippen LogP contribution in [0, 0.1) is 0 Å². The number of carbonyl (C=O) groups is 2. The van der Waals surface area contributed by atoms with E-state index in [9.17, 15) is 9.59 Å². The number of ketones is 1. The number of carbonyl (C=O) groups excluding carboxylic acids is 2. The molecule has 0 aliphatic rings. The second kappa shape index (κ2) is 8.43. The first-order chi connectivity index (χ1) is 13.4. The molecule has 2 aromatic carbocycles. The molecule has 6 heteroatoms. The van der Waals surface area contributed by atoms with Gasteiger partial charge in [0.15, 0.2) is 5.78 Å². The summed E-state index contributed by atoms with van der Waals surface area (Å²) in [5.74, 6) is 0.490. The predicted molar refractivity (Wildman–Crippen MR) is 110 cm³/mol. The second-order valence-corrected chi connectivity index (χ2v) is 6.74. The monoisotopic (exact) mass is 374 g/mol. The van der Waals surface area contributed by atoms with Gasteiger partial charge in [-0.05, 0) is 48.7 Å². The van der Waals surface area contributed by atoms with Crippen LogP contribution in [0.2, 0.25) is 0 Å². The molecule has 0 aliphatic heterocycles. The van der Waals surface area contributed by atoms with Crippen LogP contribution in [-0.2, 0) is 0 Å². The third kappa shape index (κ3) is 4.59. The van der Waals surface area contributed by atoms with E-state index in [0.717, 1.165) is 16.9 Å². The van der Waals surface area contributed by atoms with Crippen LogP contribution in [0.4, 0.5) is 17.2 Å². The number of hydrogen-bond donors (Lipinski definition) is 2. The van der Waals surface area contributed by atoms with Gasteiger partial charge in [0.1, 0.15) is 17.8 Å². The highest BCUT2D eigenvalue weighted by atomic mass is 16.2. The van der Waals surface area contributed by atoms with Crippen LogP contribution in [0.5, 0.6) is 0 Å². The molecule has 2 N–H and O–H groups in total. The van der Waals surface area contributed by atoms with Crippen LogP contribution in [0.25, 0.3) is 0 Å². The molecule has 3 rings (SSSR count). The van der Waals surface area contributed by atoms with Crippen molar-refractivity contribution in [1.82, 2.24) is 9.97 Å². The van der Waals surface area contributed by atoms with Gasteiger partial charge in [-0.25, -0.2) is 9.97 Å². The summed E-state index contributed by atoms with van der Waals surface area (Å²) >= 11 is 0. The summed E-state index contributed by atoms with van der Waals surface area (Å²) in [6, 6.07) is 16.4. The van der Waals surface area contributed by atoms with Crippen molar-refractivity contribution in [2.24, 2.45) is 0 Å². The minimum absolute atomic E-state index is 0.00854. The molecular formula is C22H22N4O2. The predicted octanol–water partition coefficient (Wildman–Crippen LogP) is 4.80. The number of benzene rings is 2. The Kier molecular flexibility index (Phi) is 5.79. The zero-order valence-corrected chi connectivity index (χ0v) is 16.1. The molecule has 142 valence electrons. The number of rotatable bonds is 6. The Morgan fingerprint density at radius 1 is 0.964 bits per heavy atom. The van der Waals surface area contributed by atoms with E-state index in [2.05, 4.69) is 34.4 Å². The minimum atomic E-state index is -0.300. The Morgan fingerprint density at radius 3 is 2.36 bits per heavy atom. The standard InChI is InChI=1S/C22H22N4O2/c1-14(2)18-6-4-5-7-19(18)26-22(28)20-12-21(24-13-23-20)25-17-10-8-16(9-11-17)15(3)27/h4-14H,1-3H3,(H,26,28)(H,23,24,25). The number of hydrogen-bond acceptors (Lipinski definition) is 5. The van der Waals surface area contributed by atoms with Crippen molar-refractivity contribution < 1.29 is 9.59 Å². The smallest absolute Gasteiger partial charge is 0.274 e. The number of nitrogens with one attached hydrogen (secondary N) is 2. The van der Waals surface area contributed by atoms with Crippen molar-refractivity contribution in [3.05, 3.63) is 77.7 Å². The van der Waals surface area contributed by atoms with E-state index in [1.165, 1.54) is 13.3 Å². The van der Waals surface area contributed by atoms with Crippen molar-refractivity contribution in [2.45, 2.75) is 26.7 Å². The summed E-state index contributed by atoms with van der Waals surface area (Å²) in [6.07, 6.45) is 1.34. The fourth-order valence-electron chi connectivity index (χ4n) is 2.79. The fourth-order valence-corrected chi connectivity index (χ4v) is 2.79. The van der Waals surface area contributed by atoms with Crippen LogP contribution in [0.15, 0.2) is 60.9 Å². The van der Waals surface area contributed by atoms with E-state index in [0.29, 0.717) is 11.4 Å². The Balaban J connectivity index is 1.76. The molecule has 0 fully saturated rings. The molecule has 3 aromatic rings. The Morgan fingerprint density at radius 2 is 1.68 bits per heavy atom. The molecular weight excluding hydrogens is 352 g/mol. The van der Waals surface area contributed by atoms with Gasteiger partial charge in [-0.3, -0.25) is 9.59 Å². The summed E-state index contributed by atoms with van der Waals surface area (Å²) in [5.41, 5.74) is 3.50. The summed E-state index contributed by atoms with van der Waals surface area (Å²) in [6.45, 7) is 5.68. The quantitative estimate of drug-likeness (QED) is 0.606. The van der Waals surface area contributed by atoms with Crippen LogP contribution in [-0.4, -0.2) is 21.7 Å². The average Bonchev–Trinajstić information content (AvgIpc) is 2.69. The molecule has 0 atom stereocenters. The largest absolute Gasteiger partial charge is 0.340 e. The molecule has 0 unspecified atom stereocenters. The zero-order chi connectivity index (χ0) is 20.1. The van der Waals surface area contributed by atoms with Crippen LogP contribution < -0.4 is 10.6 Å². The lowest BCUT2D eigenvalue weighted by atomic mass is 10.0. The lowest BCUT2D eigenvalue weighted by Crippen LogP contribution is -2.15. The summed E-state index contributed by atoms with van der Waals surface area (Å²) in [4.78, 5) is 32.3. The first-order valence-electron chi connectivity index (χ1n) is 9.04. The Labute approximate surface area is 164 Å². The highest BCUT2D eigenvalue weighted by Gasteiger charge is 2.13. The van der Waals surface area contributed by atoms with Gasteiger partial charge in [0.2, 0.25) is 0 Å². The number of aromatic nitrogens is 2. The van der Waals surface area contributed by atoms with Crippen molar-refractivity contribution in [1.29, 1.82) is 0 Å². The molecule has 0 saturated heterocycles. The van der Waals surface area contributed by atoms with Crippen LogP contribution in [0.3, 0.4) is 0 Å². The minimum Gasteiger partial charge on any atom is -0.340 e. The number of Topliss-reactive ketones (excluding diaryl/α,β-unsaturated/α-hetero) is 1. The van der Waals surface area contributed by atoms with Crippen LogP contribution >= 0.6 is 0 Å². The first kappa shape index (κ1) is 19.2. The van der Waals surface area contributed by atoms with Crippen LogP contribution in [0.1, 0.15) is 53.1 Å². The number of nitrogens with zero attached hydrogens (tertiary/aromatic N) is 2. The molecule has 1 heterocycles. The van der Waals surface area contributed by atoms with Gasteiger partial charge in [-0.15, -0.1) is 0 Å². The van der Waals surface area contributed by atoms with E-state index in [1.807, 2.05) is 24.3 Å². The fraction of sp³-hybridized carbons (Fsp3) is 0.182. The molecule has 1 aromatic heterocycles. The van der Waals surface area contributed by atoms with Gasteiger partial charge in [0, 0.05) is 23.0 Å². The van der Waals surface area contributed by atoms with Gasteiger partial charge in [-0.2, -0.15) is 0 Å². The van der Waals surface area contributed by atoms with Gasteiger partial charge in [0.05, 0.1) is 0 Å². The first-order valence-corrected chi connectivity index (χ1v) is 9.04. The molecule has 0 radical (unpaired) electrons. The number of amides is 1. The summed E-state index contributed by atoms with van der Waals surface area (Å²) < 4.78 is 0. The normalized spacial score (nSPS) is 10.6. The van der Waals surface area contributed by atoms with E-state index in [4.69, 9.17) is 0 Å². The Hall–Kier alpha value is -3.54. The van der Waals surface area contributed by atoms with E-state index in [-0.39, 0.29) is 23.3 Å². The molecule has 0 bridgehead atoms. The third-order valence-electron chi connectivity index (χ3n) is 4.29. The third-order valence-corrected chi connectivity index (χ3v) is 4.29. The van der Waals surface area contributed by atoms with Gasteiger partial charge >= 0.3 is 0 Å². The second-order valence-electron chi connectivity index (χ2n) is 6.74. The summed E-state index contributed by atoms with van der Waals surface area (Å²) in [7, 11) is 0. The Bertz CT molecular complexity index is 997. The van der Waals surface area contributed by atoms with Crippen molar-refractivity contribution in [2.75, 3.05) is 10.6 Å². The highest BCUT2D eigenvalue weighted by molar-refractivity contribution is 6.03. The lowest BCUT2D eigenvalue weighted by Gasteiger charge is -2.13. The lowest BCUT2D eigenvalue weighted by molar-refractivity contribution is 0.101. The molecule has 0 aliphatic carbocycles. The summed E-state index contributed by atoms with van der Waals surface area (Å²) in [5, 5.41) is 6.04. The van der Waals surface area contributed by atoms with Gasteiger partial charge < -0.3 is 10.6 Å². The molecule has 0 saturated carbocycles. The highest BCUT2D eigenvalue weighted by Crippen LogP contribution is 2.24. The van der Waals surface area contributed by atoms with Crippen molar-refractivity contribution in [3.63, 3.8) is 0 Å². The van der Waals surface area contributed by atoms with Crippen molar-refractivity contribution in [3.8, 4) is 0 Å². The SMILES string of the molecule is CC(=O)c1ccc(Nc2cc(C(=O)Nc3ccccc3C(C)C)ncn2)cc1. The number of para-hydroxylation sites is 1. The maximum absolute atomic E-state index is 12.6. The van der Waals surface area contributed by atoms with Gasteiger partial charge in [0.25, 0.3) is 5.91 Å². The zero-order valence-electron chi connectivity index (χ0n) is 16.1. The molecule has 1 amide bonds. The maximum atomic E-state index is 12.6.